The van der Waals surface area contributed by atoms with Gasteiger partial charge in [0.05, 0.1) is 7.11 Å². The van der Waals surface area contributed by atoms with Crippen molar-refractivity contribution in [2.75, 3.05) is 12.4 Å². The topological polar surface area (TPSA) is 67.3 Å². The van der Waals surface area contributed by atoms with E-state index >= 15 is 0 Å². The fraction of sp³-hybridized carbons (Fsp3) is 0.0667. The molecule has 0 fully saturated rings. The van der Waals surface area contributed by atoms with Crippen molar-refractivity contribution in [3.05, 3.63) is 48.5 Å². The minimum atomic E-state index is 0.105. The molecule has 3 aromatic rings. The Morgan fingerprint density at radius 1 is 1.10 bits per heavy atom. The second-order valence-electron chi connectivity index (χ2n) is 4.29. The Hall–Kier alpha value is -2.60. The van der Waals surface area contributed by atoms with Gasteiger partial charge in [0.1, 0.15) is 5.01 Å². The first-order valence-corrected chi connectivity index (χ1v) is 7.11. The summed E-state index contributed by atoms with van der Waals surface area (Å²) in [5, 5.41) is 22.6. The number of aromatic hydroxyl groups is 1. The predicted molar refractivity (Wildman–Crippen MR) is 83.3 cm³/mol. The van der Waals surface area contributed by atoms with E-state index in [0.29, 0.717) is 10.9 Å². The van der Waals surface area contributed by atoms with E-state index in [9.17, 15) is 5.11 Å². The van der Waals surface area contributed by atoms with E-state index in [-0.39, 0.29) is 5.75 Å². The Morgan fingerprint density at radius 3 is 2.67 bits per heavy atom. The highest BCUT2D eigenvalue weighted by molar-refractivity contribution is 7.18. The summed E-state index contributed by atoms with van der Waals surface area (Å²) < 4.78 is 5.10. The summed E-state index contributed by atoms with van der Waals surface area (Å²) in [5.74, 6) is 0.522. The lowest BCUT2D eigenvalue weighted by Crippen LogP contribution is -1.87. The summed E-state index contributed by atoms with van der Waals surface area (Å²) in [5.41, 5.74) is 1.81. The lowest BCUT2D eigenvalue weighted by atomic mass is 10.2. The van der Waals surface area contributed by atoms with Gasteiger partial charge in [0.25, 0.3) is 0 Å². The molecule has 0 radical (unpaired) electrons. The van der Waals surface area contributed by atoms with Crippen molar-refractivity contribution in [3.63, 3.8) is 0 Å². The van der Waals surface area contributed by atoms with E-state index in [1.54, 1.807) is 18.2 Å². The molecule has 0 unspecified atom stereocenters. The molecule has 0 atom stereocenters. The monoisotopic (exact) mass is 299 g/mol. The lowest BCUT2D eigenvalue weighted by Gasteiger charge is -2.04. The van der Waals surface area contributed by atoms with Crippen molar-refractivity contribution in [1.82, 2.24) is 10.2 Å². The van der Waals surface area contributed by atoms with Gasteiger partial charge >= 0.3 is 0 Å². The van der Waals surface area contributed by atoms with Crippen LogP contribution in [0.15, 0.2) is 48.5 Å². The van der Waals surface area contributed by atoms with Gasteiger partial charge in [-0.25, -0.2) is 0 Å². The SMILES string of the molecule is COc1cc(-c2nnc(Nc3ccccc3)s2)ccc1O. The fourth-order valence-corrected chi connectivity index (χ4v) is 2.61. The zero-order valence-corrected chi connectivity index (χ0v) is 12.1. The van der Waals surface area contributed by atoms with E-state index < -0.39 is 0 Å². The van der Waals surface area contributed by atoms with Gasteiger partial charge < -0.3 is 15.2 Å². The molecule has 0 saturated heterocycles. The largest absolute Gasteiger partial charge is 0.504 e. The van der Waals surface area contributed by atoms with E-state index in [1.165, 1.54) is 18.4 Å². The molecule has 5 nitrogen and oxygen atoms in total. The molecule has 0 spiro atoms. The lowest BCUT2D eigenvalue weighted by molar-refractivity contribution is 0.373. The number of aromatic nitrogens is 2. The third-order valence-electron chi connectivity index (χ3n) is 2.88. The van der Waals surface area contributed by atoms with Crippen LogP contribution in [0, 0.1) is 0 Å². The van der Waals surface area contributed by atoms with Gasteiger partial charge in [0.15, 0.2) is 11.5 Å². The molecule has 106 valence electrons. The molecule has 0 bridgehead atoms. The quantitative estimate of drug-likeness (QED) is 0.769. The minimum absolute atomic E-state index is 0.105. The van der Waals surface area contributed by atoms with Crippen LogP contribution in [0.5, 0.6) is 11.5 Å². The number of anilines is 2. The molecule has 1 heterocycles. The maximum atomic E-state index is 9.61. The van der Waals surface area contributed by atoms with Gasteiger partial charge in [-0.15, -0.1) is 10.2 Å². The molecule has 0 aliphatic heterocycles. The Kier molecular flexibility index (Phi) is 3.70. The number of phenols is 1. The van der Waals surface area contributed by atoms with E-state index in [1.807, 2.05) is 30.3 Å². The first-order chi connectivity index (χ1) is 10.3. The number of nitrogens with one attached hydrogen (secondary N) is 1. The minimum Gasteiger partial charge on any atom is -0.504 e. The fourth-order valence-electron chi connectivity index (χ4n) is 1.85. The van der Waals surface area contributed by atoms with Crippen molar-refractivity contribution in [2.24, 2.45) is 0 Å². The summed E-state index contributed by atoms with van der Waals surface area (Å²) in [6, 6.07) is 14.9. The van der Waals surface area contributed by atoms with E-state index in [0.717, 1.165) is 16.3 Å². The maximum Gasteiger partial charge on any atom is 0.210 e. The van der Waals surface area contributed by atoms with Gasteiger partial charge in [-0.1, -0.05) is 29.5 Å². The first kappa shape index (κ1) is 13.4. The zero-order valence-electron chi connectivity index (χ0n) is 11.3. The van der Waals surface area contributed by atoms with Crippen molar-refractivity contribution in [3.8, 4) is 22.1 Å². The van der Waals surface area contributed by atoms with Crippen molar-refractivity contribution >= 4 is 22.2 Å². The van der Waals surface area contributed by atoms with Crippen LogP contribution < -0.4 is 10.1 Å². The summed E-state index contributed by atoms with van der Waals surface area (Å²) in [6.07, 6.45) is 0. The van der Waals surface area contributed by atoms with Crippen LogP contribution in [0.3, 0.4) is 0 Å². The number of nitrogens with zero attached hydrogens (tertiary/aromatic N) is 2. The number of benzene rings is 2. The number of hydrogen-bond acceptors (Lipinski definition) is 6. The highest BCUT2D eigenvalue weighted by Crippen LogP contribution is 2.34. The summed E-state index contributed by atoms with van der Waals surface area (Å²) in [7, 11) is 1.52. The summed E-state index contributed by atoms with van der Waals surface area (Å²) in [6.45, 7) is 0. The molecule has 3 rings (SSSR count). The van der Waals surface area contributed by atoms with Gasteiger partial charge in [-0.05, 0) is 30.3 Å². The molecule has 21 heavy (non-hydrogen) atoms. The number of phenolic OH excluding ortho intramolecular Hbond substituents is 1. The van der Waals surface area contributed by atoms with Crippen LogP contribution in [0.25, 0.3) is 10.6 Å². The second kappa shape index (κ2) is 5.80. The average molecular weight is 299 g/mol. The van der Waals surface area contributed by atoms with Crippen LogP contribution in [0.1, 0.15) is 0 Å². The molecule has 1 aromatic heterocycles. The van der Waals surface area contributed by atoms with Gasteiger partial charge in [-0.2, -0.15) is 0 Å². The van der Waals surface area contributed by atoms with Crippen molar-refractivity contribution < 1.29 is 9.84 Å². The maximum absolute atomic E-state index is 9.61. The molecule has 0 saturated carbocycles. The van der Waals surface area contributed by atoms with E-state index in [2.05, 4.69) is 15.5 Å². The number of methoxy groups -OCH3 is 1. The molecular formula is C15H13N3O2S. The van der Waals surface area contributed by atoms with Gasteiger partial charge in [0.2, 0.25) is 5.13 Å². The van der Waals surface area contributed by atoms with E-state index in [4.69, 9.17) is 4.74 Å². The second-order valence-corrected chi connectivity index (χ2v) is 5.27. The molecule has 6 heteroatoms. The Labute approximate surface area is 125 Å². The van der Waals surface area contributed by atoms with Crippen LogP contribution >= 0.6 is 11.3 Å². The highest BCUT2D eigenvalue weighted by atomic mass is 32.1. The first-order valence-electron chi connectivity index (χ1n) is 6.29. The number of rotatable bonds is 4. The molecule has 0 aliphatic rings. The smallest absolute Gasteiger partial charge is 0.210 e. The number of ether oxygens (including phenoxy) is 1. The van der Waals surface area contributed by atoms with Gasteiger partial charge in [-0.3, -0.25) is 0 Å². The van der Waals surface area contributed by atoms with Crippen molar-refractivity contribution in [2.45, 2.75) is 0 Å². The molecule has 2 aromatic carbocycles. The third-order valence-corrected chi connectivity index (χ3v) is 3.76. The number of para-hydroxylation sites is 1. The predicted octanol–water partition coefficient (Wildman–Crippen LogP) is 3.66. The molecule has 2 N–H and O–H groups in total. The summed E-state index contributed by atoms with van der Waals surface area (Å²) >= 11 is 1.44. The standard InChI is InChI=1S/C15H13N3O2S/c1-20-13-9-10(7-8-12(13)19)14-17-18-15(21-14)16-11-5-3-2-4-6-11/h2-9,19H,1H3,(H,16,18). The molecule has 0 amide bonds. The normalized spacial score (nSPS) is 10.3. The van der Waals surface area contributed by atoms with Crippen LogP contribution in [0.4, 0.5) is 10.8 Å². The zero-order chi connectivity index (χ0) is 14.7. The average Bonchev–Trinajstić information content (AvgIpc) is 2.97. The Balaban J connectivity index is 1.85. The van der Waals surface area contributed by atoms with Crippen LogP contribution in [-0.4, -0.2) is 22.4 Å². The summed E-state index contributed by atoms with van der Waals surface area (Å²) in [4.78, 5) is 0. The van der Waals surface area contributed by atoms with Crippen LogP contribution in [0.2, 0.25) is 0 Å². The highest BCUT2D eigenvalue weighted by Gasteiger charge is 2.10. The Bertz CT molecular complexity index is 744. The van der Waals surface area contributed by atoms with Crippen molar-refractivity contribution in [1.29, 1.82) is 0 Å². The van der Waals surface area contributed by atoms with Crippen LogP contribution in [-0.2, 0) is 0 Å². The Morgan fingerprint density at radius 2 is 1.90 bits per heavy atom. The molecule has 0 aliphatic carbocycles. The van der Waals surface area contributed by atoms with Gasteiger partial charge in [0, 0.05) is 11.3 Å². The molecular weight excluding hydrogens is 286 g/mol. The third kappa shape index (κ3) is 2.95. The number of hydrogen-bond donors (Lipinski definition) is 2.